The van der Waals surface area contributed by atoms with Crippen LogP contribution in [0, 0.1) is 19.3 Å². The van der Waals surface area contributed by atoms with E-state index in [0.29, 0.717) is 22.6 Å². The molecule has 0 spiro atoms. The largest absolute Gasteiger partial charge is 0.483 e. The summed E-state index contributed by atoms with van der Waals surface area (Å²) in [7, 11) is 0. The van der Waals surface area contributed by atoms with E-state index in [9.17, 15) is 9.18 Å². The van der Waals surface area contributed by atoms with E-state index < -0.39 is 30.7 Å². The molecule has 3 rings (SSSR count). The number of rotatable bonds is 6. The average Bonchev–Trinajstić information content (AvgIpc) is 2.91. The summed E-state index contributed by atoms with van der Waals surface area (Å²) < 4.78 is 19.9. The molecule has 162 valence electrons. The number of carbonyl (C=O) groups is 1. The zero-order valence-electron chi connectivity index (χ0n) is 17.3. The first-order valence-electron chi connectivity index (χ1n) is 9.50. The van der Waals surface area contributed by atoms with Gasteiger partial charge in [-0.1, -0.05) is 6.07 Å². The molecule has 0 saturated carbocycles. The maximum absolute atomic E-state index is 14.7. The van der Waals surface area contributed by atoms with E-state index in [0.717, 1.165) is 0 Å². The third kappa shape index (κ3) is 3.97. The van der Waals surface area contributed by atoms with Crippen molar-refractivity contribution >= 4 is 40.3 Å². The number of benzene rings is 2. The predicted octanol–water partition coefficient (Wildman–Crippen LogP) is 3.33. The highest BCUT2D eigenvalue weighted by Gasteiger charge is 2.50. The summed E-state index contributed by atoms with van der Waals surface area (Å²) in [6.07, 6.45) is -0.941. The van der Waals surface area contributed by atoms with Crippen LogP contribution in [-0.2, 0) is 4.79 Å². The fraction of sp³-hybridized carbons (Fsp3) is 0.318. The number of aliphatic hydroxyl groups is 2. The number of halogens is 1. The van der Waals surface area contributed by atoms with E-state index in [1.807, 2.05) is 0 Å². The fourth-order valence-electron chi connectivity index (χ4n) is 3.40. The molecule has 0 bridgehead atoms. The van der Waals surface area contributed by atoms with Crippen LogP contribution in [0.25, 0.3) is 4.85 Å². The highest BCUT2D eigenvalue weighted by molar-refractivity contribution is 7.81. The fourth-order valence-corrected chi connectivity index (χ4v) is 3.92. The number of anilines is 2. The van der Waals surface area contributed by atoms with Crippen molar-refractivity contribution in [2.45, 2.75) is 32.4 Å². The van der Waals surface area contributed by atoms with Gasteiger partial charge >= 0.3 is 0 Å². The normalized spacial score (nSPS) is 15.5. The quantitative estimate of drug-likeness (QED) is 0.527. The Hall–Kier alpha value is -3.06. The highest BCUT2D eigenvalue weighted by atomic mass is 32.1. The van der Waals surface area contributed by atoms with Gasteiger partial charge in [-0.25, -0.2) is 9.24 Å². The molecule has 31 heavy (non-hydrogen) atoms. The minimum atomic E-state index is -1.09. The average molecular weight is 444 g/mol. The summed E-state index contributed by atoms with van der Waals surface area (Å²) in [5.74, 6) is -1.13. The van der Waals surface area contributed by atoms with Crippen molar-refractivity contribution in [1.82, 2.24) is 0 Å². The maximum atomic E-state index is 14.7. The number of thiocarbonyl (C=S) groups is 1. The monoisotopic (exact) mass is 443 g/mol. The van der Waals surface area contributed by atoms with Gasteiger partial charge in [-0.05, 0) is 62.8 Å². The predicted molar refractivity (Wildman–Crippen MR) is 119 cm³/mol. The lowest BCUT2D eigenvalue weighted by molar-refractivity contribution is -0.120. The summed E-state index contributed by atoms with van der Waals surface area (Å²) >= 11 is 5.59. The molecule has 0 atom stereocenters. The molecule has 2 aromatic rings. The Labute approximate surface area is 185 Å². The second-order valence-corrected chi connectivity index (χ2v) is 7.99. The Balaban J connectivity index is 1.98. The van der Waals surface area contributed by atoms with Gasteiger partial charge in [0.1, 0.15) is 11.6 Å². The first-order valence-corrected chi connectivity index (χ1v) is 9.91. The Morgan fingerprint density at radius 1 is 1.19 bits per heavy atom. The van der Waals surface area contributed by atoms with E-state index in [2.05, 4.69) is 4.85 Å². The zero-order chi connectivity index (χ0) is 22.9. The molecular formula is C22H22FN3O4S. The van der Waals surface area contributed by atoms with Gasteiger partial charge in [-0.15, -0.1) is 0 Å². The van der Waals surface area contributed by atoms with Crippen LogP contribution in [0.4, 0.5) is 21.5 Å². The first-order chi connectivity index (χ1) is 14.6. The number of hydrogen-bond donors (Lipinski definition) is 2. The second-order valence-electron chi connectivity index (χ2n) is 7.62. The Morgan fingerprint density at radius 3 is 2.39 bits per heavy atom. The van der Waals surface area contributed by atoms with Crippen LogP contribution in [0.5, 0.6) is 5.75 Å². The van der Waals surface area contributed by atoms with Crippen molar-refractivity contribution in [2.75, 3.05) is 23.0 Å². The summed E-state index contributed by atoms with van der Waals surface area (Å²) in [4.78, 5) is 19.6. The lowest BCUT2D eigenvalue weighted by Crippen LogP contribution is -2.44. The van der Waals surface area contributed by atoms with Crippen molar-refractivity contribution in [3.63, 3.8) is 0 Å². The van der Waals surface area contributed by atoms with Crippen molar-refractivity contribution in [2.24, 2.45) is 0 Å². The van der Waals surface area contributed by atoms with Crippen LogP contribution < -0.4 is 14.5 Å². The van der Waals surface area contributed by atoms with Crippen molar-refractivity contribution in [3.05, 3.63) is 59.2 Å². The van der Waals surface area contributed by atoms with Gasteiger partial charge in [0.25, 0.3) is 5.91 Å². The van der Waals surface area contributed by atoms with Gasteiger partial charge in [0.15, 0.2) is 22.4 Å². The number of nitrogens with zero attached hydrogens (tertiary/aromatic N) is 3. The highest BCUT2D eigenvalue weighted by Crippen LogP contribution is 2.38. The van der Waals surface area contributed by atoms with Crippen molar-refractivity contribution in [1.29, 1.82) is 0 Å². The molecule has 1 heterocycles. The number of aliphatic hydroxyl groups excluding tert-OH is 2. The smallest absolute Gasteiger partial charge is 0.259 e. The number of aryl methyl sites for hydroxylation is 1. The van der Waals surface area contributed by atoms with Crippen LogP contribution in [0.15, 0.2) is 36.4 Å². The Morgan fingerprint density at radius 2 is 1.84 bits per heavy atom. The standard InChI is InChI=1S/C22H22FN3O4S/c1-13-9-14(5-7-18(13)24-4)25-20(29)22(2,3)26(21(25)31)15-6-8-19(17(23)10-15)30-16(11-27)12-28/h5-10,16,27-28H,11-12H2,1-3H3. The molecule has 0 aromatic heterocycles. The van der Waals surface area contributed by atoms with Gasteiger partial charge in [0.05, 0.1) is 19.8 Å². The van der Waals surface area contributed by atoms with Crippen molar-refractivity contribution < 1.29 is 24.1 Å². The molecular weight excluding hydrogens is 421 g/mol. The SMILES string of the molecule is [C-]#[N+]c1ccc(N2C(=O)C(C)(C)N(c3ccc(OC(CO)CO)c(F)c3)C2=S)cc1C. The number of hydrogen-bond acceptors (Lipinski definition) is 5. The van der Waals surface area contributed by atoms with Crippen molar-refractivity contribution in [3.8, 4) is 5.75 Å². The van der Waals surface area contributed by atoms with Crippen LogP contribution >= 0.6 is 12.2 Å². The lowest BCUT2D eigenvalue weighted by Gasteiger charge is -2.29. The van der Waals surface area contributed by atoms with Crippen LogP contribution in [0.1, 0.15) is 19.4 Å². The molecule has 1 amide bonds. The lowest BCUT2D eigenvalue weighted by atomic mass is 10.0. The number of amides is 1. The molecule has 1 aliphatic heterocycles. The molecule has 2 N–H and O–H groups in total. The molecule has 1 saturated heterocycles. The summed E-state index contributed by atoms with van der Waals surface area (Å²) in [5, 5.41) is 18.5. The van der Waals surface area contributed by atoms with Crippen LogP contribution in [0.3, 0.4) is 0 Å². The minimum absolute atomic E-state index is 0.131. The molecule has 0 unspecified atom stereocenters. The summed E-state index contributed by atoms with van der Waals surface area (Å²) in [6, 6.07) is 9.13. The number of ether oxygens (including phenoxy) is 1. The maximum Gasteiger partial charge on any atom is 0.259 e. The number of carbonyl (C=O) groups excluding carboxylic acids is 1. The van der Waals surface area contributed by atoms with E-state index in [4.69, 9.17) is 33.7 Å². The van der Waals surface area contributed by atoms with E-state index in [1.165, 1.54) is 17.0 Å². The molecule has 1 fully saturated rings. The summed E-state index contributed by atoms with van der Waals surface area (Å²) in [6.45, 7) is 11.4. The molecule has 1 aliphatic rings. The molecule has 7 nitrogen and oxygen atoms in total. The van der Waals surface area contributed by atoms with Crippen LogP contribution in [0.2, 0.25) is 0 Å². The molecule has 0 radical (unpaired) electrons. The third-order valence-corrected chi connectivity index (χ3v) is 5.47. The van der Waals surface area contributed by atoms with Gasteiger partial charge in [0.2, 0.25) is 0 Å². The first kappa shape index (κ1) is 22.6. The second kappa shape index (κ2) is 8.59. The molecule has 9 heteroatoms. The summed E-state index contributed by atoms with van der Waals surface area (Å²) in [5.41, 5.74) is 1.00. The van der Waals surface area contributed by atoms with Gasteiger partial charge < -0.3 is 19.8 Å². The Kier molecular flexibility index (Phi) is 6.27. The Bertz CT molecular complexity index is 1080. The van der Waals surface area contributed by atoms with Gasteiger partial charge in [0, 0.05) is 17.4 Å². The molecule has 2 aromatic carbocycles. The van der Waals surface area contributed by atoms with E-state index in [-0.39, 0.29) is 16.8 Å². The van der Waals surface area contributed by atoms with Crippen LogP contribution in [-0.4, -0.2) is 46.1 Å². The van der Waals surface area contributed by atoms with E-state index in [1.54, 1.807) is 49.9 Å². The minimum Gasteiger partial charge on any atom is -0.483 e. The molecule has 0 aliphatic carbocycles. The topological polar surface area (TPSA) is 77.6 Å². The zero-order valence-corrected chi connectivity index (χ0v) is 18.1. The van der Waals surface area contributed by atoms with E-state index >= 15 is 0 Å². The van der Waals surface area contributed by atoms with Gasteiger partial charge in [-0.3, -0.25) is 9.69 Å². The third-order valence-electron chi connectivity index (χ3n) is 5.10. The van der Waals surface area contributed by atoms with Gasteiger partial charge in [-0.2, -0.15) is 0 Å².